The monoisotopic (exact) mass is 305 g/mol. The minimum atomic E-state index is -0.347. The number of fused-ring (bicyclic) bond motifs is 1. The minimum Gasteiger partial charge on any atom is -0.462 e. The summed E-state index contributed by atoms with van der Waals surface area (Å²) in [5.41, 5.74) is 3.51. The summed E-state index contributed by atoms with van der Waals surface area (Å²) in [5, 5.41) is 0. The van der Waals surface area contributed by atoms with E-state index in [1.807, 2.05) is 29.7 Å². The van der Waals surface area contributed by atoms with Crippen LogP contribution < -0.4 is 0 Å². The lowest BCUT2D eigenvalue weighted by Gasteiger charge is -1.99. The summed E-state index contributed by atoms with van der Waals surface area (Å²) < 4.78 is 6.89. The molecule has 114 valence electrons. The number of pyridine rings is 1. The Morgan fingerprint density at radius 2 is 2.22 bits per heavy atom. The average molecular weight is 305 g/mol. The first kappa shape index (κ1) is 14.8. The van der Waals surface area contributed by atoms with Gasteiger partial charge in [-0.1, -0.05) is 5.92 Å². The summed E-state index contributed by atoms with van der Waals surface area (Å²) in [7, 11) is 0. The van der Waals surface area contributed by atoms with E-state index in [1.165, 1.54) is 0 Å². The molecule has 23 heavy (non-hydrogen) atoms. The molecule has 0 aliphatic carbocycles. The maximum Gasteiger partial charge on any atom is 0.339 e. The van der Waals surface area contributed by atoms with Crippen molar-refractivity contribution in [2.45, 2.75) is 13.8 Å². The van der Waals surface area contributed by atoms with Crippen LogP contribution in [0.5, 0.6) is 0 Å². The molecule has 0 unspecified atom stereocenters. The number of hydrogen-bond acceptors (Lipinski definition) is 4. The Labute approximate surface area is 134 Å². The number of carbonyl (C=O) groups excluding carboxylic acids is 1. The lowest BCUT2D eigenvalue weighted by Crippen LogP contribution is -2.02. The number of carbonyl (C=O) groups is 1. The quantitative estimate of drug-likeness (QED) is 0.539. The lowest BCUT2D eigenvalue weighted by molar-refractivity contribution is 0.0526. The molecule has 0 aliphatic heterocycles. The van der Waals surface area contributed by atoms with Crippen molar-refractivity contribution in [2.24, 2.45) is 0 Å². The first-order valence-electron chi connectivity index (χ1n) is 7.26. The molecule has 0 aliphatic rings. The fourth-order valence-electron chi connectivity index (χ4n) is 2.23. The molecule has 0 bridgehead atoms. The number of hydrogen-bond donors (Lipinski definition) is 0. The SMILES string of the molecule is CCOC(=O)c1cc2c(C#Cc3cccnc3)nc(C)cn2c1. The van der Waals surface area contributed by atoms with Crippen LogP contribution in [0.2, 0.25) is 0 Å². The van der Waals surface area contributed by atoms with Gasteiger partial charge in [0.05, 0.1) is 23.4 Å². The van der Waals surface area contributed by atoms with Crippen molar-refractivity contribution in [1.82, 2.24) is 14.4 Å². The third kappa shape index (κ3) is 3.22. The van der Waals surface area contributed by atoms with Crippen LogP contribution >= 0.6 is 0 Å². The lowest BCUT2D eigenvalue weighted by atomic mass is 10.2. The van der Waals surface area contributed by atoms with Gasteiger partial charge in [0.25, 0.3) is 0 Å². The normalized spacial score (nSPS) is 10.2. The molecule has 0 saturated carbocycles. The molecule has 0 atom stereocenters. The Bertz CT molecular complexity index is 918. The number of esters is 1. The molecule has 3 rings (SSSR count). The molecular formula is C18H15N3O2. The highest BCUT2D eigenvalue weighted by molar-refractivity contribution is 5.91. The average Bonchev–Trinajstić information content (AvgIpc) is 2.98. The van der Waals surface area contributed by atoms with Gasteiger partial charge in [-0.3, -0.25) is 4.98 Å². The molecular weight excluding hydrogens is 290 g/mol. The predicted molar refractivity (Wildman–Crippen MR) is 86.1 cm³/mol. The first-order valence-corrected chi connectivity index (χ1v) is 7.26. The smallest absolute Gasteiger partial charge is 0.339 e. The van der Waals surface area contributed by atoms with E-state index in [0.29, 0.717) is 17.9 Å². The van der Waals surface area contributed by atoms with Crippen LogP contribution in [0.15, 0.2) is 43.0 Å². The van der Waals surface area contributed by atoms with Crippen molar-refractivity contribution < 1.29 is 9.53 Å². The zero-order valence-corrected chi connectivity index (χ0v) is 12.9. The van der Waals surface area contributed by atoms with Crippen molar-refractivity contribution in [2.75, 3.05) is 6.61 Å². The molecule has 0 radical (unpaired) electrons. The molecule has 0 fully saturated rings. The Morgan fingerprint density at radius 1 is 1.35 bits per heavy atom. The summed E-state index contributed by atoms with van der Waals surface area (Å²) >= 11 is 0. The summed E-state index contributed by atoms with van der Waals surface area (Å²) in [6.07, 6.45) is 6.99. The fraction of sp³-hybridized carbons (Fsp3) is 0.167. The number of ether oxygens (including phenoxy) is 1. The molecule has 3 aromatic heterocycles. The maximum atomic E-state index is 11.9. The Balaban J connectivity index is 2.06. The van der Waals surface area contributed by atoms with E-state index in [-0.39, 0.29) is 5.97 Å². The molecule has 5 nitrogen and oxygen atoms in total. The van der Waals surface area contributed by atoms with Crippen LogP contribution in [-0.4, -0.2) is 26.9 Å². The van der Waals surface area contributed by atoms with E-state index in [2.05, 4.69) is 21.8 Å². The molecule has 3 aromatic rings. The molecule has 3 heterocycles. The van der Waals surface area contributed by atoms with Gasteiger partial charge in [-0.2, -0.15) is 0 Å². The van der Waals surface area contributed by atoms with Gasteiger partial charge in [0, 0.05) is 30.4 Å². The largest absolute Gasteiger partial charge is 0.462 e. The highest BCUT2D eigenvalue weighted by atomic mass is 16.5. The predicted octanol–water partition coefficient (Wildman–Crippen LogP) is 2.61. The number of nitrogens with zero attached hydrogens (tertiary/aromatic N) is 3. The second kappa shape index (κ2) is 6.32. The van der Waals surface area contributed by atoms with Crippen LogP contribution in [0.3, 0.4) is 0 Å². The summed E-state index contributed by atoms with van der Waals surface area (Å²) in [5.74, 6) is 5.75. The molecule has 0 amide bonds. The zero-order chi connectivity index (χ0) is 16.2. The van der Waals surface area contributed by atoms with E-state index in [9.17, 15) is 4.79 Å². The fourth-order valence-corrected chi connectivity index (χ4v) is 2.23. The Morgan fingerprint density at radius 3 is 2.96 bits per heavy atom. The third-order valence-corrected chi connectivity index (χ3v) is 3.20. The zero-order valence-electron chi connectivity index (χ0n) is 12.9. The van der Waals surface area contributed by atoms with E-state index >= 15 is 0 Å². The second-order valence-electron chi connectivity index (χ2n) is 4.96. The summed E-state index contributed by atoms with van der Waals surface area (Å²) in [6.45, 7) is 4.01. The minimum absolute atomic E-state index is 0.343. The van der Waals surface area contributed by atoms with E-state index < -0.39 is 0 Å². The van der Waals surface area contributed by atoms with Crippen molar-refractivity contribution in [3.05, 3.63) is 65.5 Å². The molecule has 0 spiro atoms. The second-order valence-corrected chi connectivity index (χ2v) is 4.96. The topological polar surface area (TPSA) is 56.5 Å². The van der Waals surface area contributed by atoms with Gasteiger partial charge in [-0.25, -0.2) is 9.78 Å². The first-order chi connectivity index (χ1) is 11.2. The van der Waals surface area contributed by atoms with Gasteiger partial charge in [0.2, 0.25) is 0 Å². The van der Waals surface area contributed by atoms with Crippen LogP contribution in [0.25, 0.3) is 5.52 Å². The van der Waals surface area contributed by atoms with Gasteiger partial charge in [0.15, 0.2) is 0 Å². The van der Waals surface area contributed by atoms with E-state index in [1.54, 1.807) is 31.6 Å². The van der Waals surface area contributed by atoms with E-state index in [4.69, 9.17) is 4.74 Å². The summed E-state index contributed by atoms with van der Waals surface area (Å²) in [4.78, 5) is 20.4. The highest BCUT2D eigenvalue weighted by Gasteiger charge is 2.12. The molecule has 0 aromatic carbocycles. The maximum absolute atomic E-state index is 11.9. The Kier molecular flexibility index (Phi) is 4.07. The van der Waals surface area contributed by atoms with Crippen LogP contribution in [0.4, 0.5) is 0 Å². The highest BCUT2D eigenvalue weighted by Crippen LogP contribution is 2.15. The van der Waals surface area contributed by atoms with Crippen molar-refractivity contribution in [3.8, 4) is 11.8 Å². The summed E-state index contributed by atoms with van der Waals surface area (Å²) in [6, 6.07) is 5.46. The van der Waals surface area contributed by atoms with Gasteiger partial charge in [-0.15, -0.1) is 0 Å². The van der Waals surface area contributed by atoms with Crippen LogP contribution in [0.1, 0.15) is 34.2 Å². The number of rotatable bonds is 2. The molecule has 0 N–H and O–H groups in total. The van der Waals surface area contributed by atoms with Crippen molar-refractivity contribution in [3.63, 3.8) is 0 Å². The van der Waals surface area contributed by atoms with Crippen LogP contribution in [-0.2, 0) is 4.74 Å². The van der Waals surface area contributed by atoms with E-state index in [0.717, 1.165) is 16.8 Å². The third-order valence-electron chi connectivity index (χ3n) is 3.20. The van der Waals surface area contributed by atoms with Gasteiger partial charge in [0.1, 0.15) is 5.69 Å². The van der Waals surface area contributed by atoms with Crippen LogP contribution in [0, 0.1) is 18.8 Å². The van der Waals surface area contributed by atoms with Crippen molar-refractivity contribution in [1.29, 1.82) is 0 Å². The van der Waals surface area contributed by atoms with Gasteiger partial charge >= 0.3 is 5.97 Å². The Hall–Kier alpha value is -3.13. The molecule has 5 heteroatoms. The number of aryl methyl sites for hydroxylation is 1. The van der Waals surface area contributed by atoms with Gasteiger partial charge < -0.3 is 9.14 Å². The van der Waals surface area contributed by atoms with Gasteiger partial charge in [-0.05, 0) is 38.0 Å². The van der Waals surface area contributed by atoms with Crippen molar-refractivity contribution >= 4 is 11.5 Å². The number of aromatic nitrogens is 3. The molecule has 0 saturated heterocycles. The standard InChI is InChI=1S/C18H15N3O2/c1-3-23-18(22)15-9-17-16(20-13(2)11-21(17)12-15)7-6-14-5-4-8-19-10-14/h4-5,8-12H,3H2,1-2H3.